The molecule has 19 heavy (non-hydrogen) atoms. The second kappa shape index (κ2) is 7.28. The number of hydrogen-bond donors (Lipinski definition) is 1. The molecule has 1 aliphatic carbocycles. The highest BCUT2D eigenvalue weighted by Crippen LogP contribution is 2.26. The van der Waals surface area contributed by atoms with Gasteiger partial charge in [-0.1, -0.05) is 33.1 Å². The first-order chi connectivity index (χ1) is 9.16. The number of carbonyl (C=O) groups excluding carboxylic acids is 1. The molecule has 0 bridgehead atoms. The van der Waals surface area contributed by atoms with E-state index in [4.69, 9.17) is 0 Å². The second-order valence-electron chi connectivity index (χ2n) is 6.77. The molecular formula is C16H30N2O. The lowest BCUT2D eigenvalue weighted by Crippen LogP contribution is -2.45. The molecule has 1 aliphatic heterocycles. The van der Waals surface area contributed by atoms with E-state index in [0.717, 1.165) is 32.5 Å². The van der Waals surface area contributed by atoms with Gasteiger partial charge in [0.1, 0.15) is 0 Å². The molecule has 110 valence electrons. The van der Waals surface area contributed by atoms with E-state index in [9.17, 15) is 4.79 Å². The molecule has 1 atom stereocenters. The average Bonchev–Trinajstić information content (AvgIpc) is 2.90. The van der Waals surface area contributed by atoms with E-state index in [1.807, 2.05) is 0 Å². The first-order valence-corrected chi connectivity index (χ1v) is 8.19. The molecule has 0 radical (unpaired) electrons. The maximum absolute atomic E-state index is 12.7. The van der Waals surface area contributed by atoms with Crippen molar-refractivity contribution in [3.63, 3.8) is 0 Å². The summed E-state index contributed by atoms with van der Waals surface area (Å²) >= 11 is 0. The van der Waals surface area contributed by atoms with Crippen LogP contribution in [-0.4, -0.2) is 36.5 Å². The highest BCUT2D eigenvalue weighted by molar-refractivity contribution is 5.79. The lowest BCUT2D eigenvalue weighted by molar-refractivity contribution is -0.137. The highest BCUT2D eigenvalue weighted by Gasteiger charge is 2.28. The topological polar surface area (TPSA) is 32.3 Å². The van der Waals surface area contributed by atoms with Gasteiger partial charge in [-0.05, 0) is 38.1 Å². The predicted octanol–water partition coefficient (Wildman–Crippen LogP) is 2.80. The molecule has 1 saturated carbocycles. The molecule has 0 aromatic carbocycles. The number of nitrogens with zero attached hydrogens (tertiary/aromatic N) is 1. The quantitative estimate of drug-likeness (QED) is 0.830. The molecule has 1 amide bonds. The minimum Gasteiger partial charge on any atom is -0.341 e. The summed E-state index contributed by atoms with van der Waals surface area (Å²) in [5.41, 5.74) is 0. The SMILES string of the molecule is CC(C)CN(CC1CCCN1)C(=O)C1CCCCC1. The summed E-state index contributed by atoms with van der Waals surface area (Å²) in [6, 6.07) is 0.534. The molecular weight excluding hydrogens is 236 g/mol. The van der Waals surface area contributed by atoms with Gasteiger partial charge in [-0.3, -0.25) is 4.79 Å². The van der Waals surface area contributed by atoms with Crippen molar-refractivity contribution in [2.45, 2.75) is 64.8 Å². The van der Waals surface area contributed by atoms with Gasteiger partial charge in [0, 0.05) is 25.0 Å². The Bertz CT molecular complexity index is 278. The Balaban J connectivity index is 1.92. The van der Waals surface area contributed by atoms with Gasteiger partial charge < -0.3 is 10.2 Å². The summed E-state index contributed by atoms with van der Waals surface area (Å²) in [5.74, 6) is 1.31. The van der Waals surface area contributed by atoms with E-state index in [0.29, 0.717) is 23.8 Å². The number of hydrogen-bond acceptors (Lipinski definition) is 2. The Kier molecular flexibility index (Phi) is 5.68. The maximum atomic E-state index is 12.7. The van der Waals surface area contributed by atoms with Gasteiger partial charge in [0.2, 0.25) is 5.91 Å². The summed E-state index contributed by atoms with van der Waals surface area (Å²) in [6.45, 7) is 7.39. The zero-order valence-electron chi connectivity index (χ0n) is 12.7. The monoisotopic (exact) mass is 266 g/mol. The molecule has 0 aromatic heterocycles. The molecule has 2 fully saturated rings. The van der Waals surface area contributed by atoms with Crippen LogP contribution in [0.3, 0.4) is 0 Å². The molecule has 1 N–H and O–H groups in total. The first-order valence-electron chi connectivity index (χ1n) is 8.19. The third-order valence-electron chi connectivity index (χ3n) is 4.45. The Labute approximate surface area is 118 Å². The van der Waals surface area contributed by atoms with E-state index in [-0.39, 0.29) is 0 Å². The van der Waals surface area contributed by atoms with E-state index in [1.54, 1.807) is 0 Å². The van der Waals surface area contributed by atoms with Crippen LogP contribution in [0.1, 0.15) is 58.8 Å². The molecule has 1 saturated heterocycles. The lowest BCUT2D eigenvalue weighted by atomic mass is 9.88. The van der Waals surface area contributed by atoms with Crippen LogP contribution in [-0.2, 0) is 4.79 Å². The molecule has 3 heteroatoms. The lowest BCUT2D eigenvalue weighted by Gasteiger charge is -2.32. The summed E-state index contributed by atoms with van der Waals surface area (Å²) in [6.07, 6.45) is 8.53. The van der Waals surface area contributed by atoms with Crippen molar-refractivity contribution in [1.29, 1.82) is 0 Å². The van der Waals surface area contributed by atoms with Crippen LogP contribution in [0.4, 0.5) is 0 Å². The zero-order chi connectivity index (χ0) is 13.7. The fourth-order valence-electron chi connectivity index (χ4n) is 3.48. The van der Waals surface area contributed by atoms with Crippen LogP contribution in [0.5, 0.6) is 0 Å². The highest BCUT2D eigenvalue weighted by atomic mass is 16.2. The van der Waals surface area contributed by atoms with Crippen molar-refractivity contribution < 1.29 is 4.79 Å². The van der Waals surface area contributed by atoms with E-state index >= 15 is 0 Å². The minimum absolute atomic E-state index is 0.314. The second-order valence-corrected chi connectivity index (χ2v) is 6.77. The van der Waals surface area contributed by atoms with Crippen molar-refractivity contribution in [2.75, 3.05) is 19.6 Å². The maximum Gasteiger partial charge on any atom is 0.225 e. The van der Waals surface area contributed by atoms with Crippen molar-refractivity contribution >= 4 is 5.91 Å². The Morgan fingerprint density at radius 1 is 1.16 bits per heavy atom. The summed E-state index contributed by atoms with van der Waals surface area (Å²) in [7, 11) is 0. The van der Waals surface area contributed by atoms with Crippen LogP contribution in [0.15, 0.2) is 0 Å². The number of nitrogens with one attached hydrogen (secondary N) is 1. The van der Waals surface area contributed by atoms with Crippen molar-refractivity contribution in [3.05, 3.63) is 0 Å². The minimum atomic E-state index is 0.314. The van der Waals surface area contributed by atoms with E-state index in [2.05, 4.69) is 24.1 Å². The van der Waals surface area contributed by atoms with Gasteiger partial charge in [0.25, 0.3) is 0 Å². The van der Waals surface area contributed by atoms with Crippen LogP contribution >= 0.6 is 0 Å². The van der Waals surface area contributed by atoms with Gasteiger partial charge in [-0.2, -0.15) is 0 Å². The van der Waals surface area contributed by atoms with Gasteiger partial charge in [0.15, 0.2) is 0 Å². The molecule has 1 unspecified atom stereocenters. The number of carbonyl (C=O) groups is 1. The van der Waals surface area contributed by atoms with Gasteiger partial charge in [0.05, 0.1) is 0 Å². The van der Waals surface area contributed by atoms with Crippen molar-refractivity contribution in [2.24, 2.45) is 11.8 Å². The third-order valence-corrected chi connectivity index (χ3v) is 4.45. The molecule has 2 aliphatic rings. The zero-order valence-corrected chi connectivity index (χ0v) is 12.7. The predicted molar refractivity (Wildman–Crippen MR) is 79.0 cm³/mol. The fourth-order valence-corrected chi connectivity index (χ4v) is 3.48. The molecule has 2 rings (SSSR count). The van der Waals surface area contributed by atoms with Crippen LogP contribution < -0.4 is 5.32 Å². The summed E-state index contributed by atoms with van der Waals surface area (Å²) < 4.78 is 0. The van der Waals surface area contributed by atoms with Crippen LogP contribution in [0.25, 0.3) is 0 Å². The number of rotatable bonds is 5. The molecule has 3 nitrogen and oxygen atoms in total. The third kappa shape index (κ3) is 4.48. The normalized spacial score (nSPS) is 24.9. The largest absolute Gasteiger partial charge is 0.341 e. The Morgan fingerprint density at radius 3 is 2.47 bits per heavy atom. The number of amides is 1. The van der Waals surface area contributed by atoms with Crippen LogP contribution in [0.2, 0.25) is 0 Å². The average molecular weight is 266 g/mol. The first kappa shape index (κ1) is 14.8. The Morgan fingerprint density at radius 2 is 1.89 bits per heavy atom. The molecule has 0 spiro atoms. The van der Waals surface area contributed by atoms with E-state index < -0.39 is 0 Å². The smallest absolute Gasteiger partial charge is 0.225 e. The fraction of sp³-hybridized carbons (Fsp3) is 0.938. The van der Waals surface area contributed by atoms with Crippen molar-refractivity contribution in [3.8, 4) is 0 Å². The van der Waals surface area contributed by atoms with Gasteiger partial charge in [-0.25, -0.2) is 0 Å². The Hall–Kier alpha value is -0.570. The standard InChI is InChI=1S/C16H30N2O/c1-13(2)11-18(12-15-9-6-10-17-15)16(19)14-7-4-3-5-8-14/h13-15,17H,3-12H2,1-2H3. The summed E-state index contributed by atoms with van der Waals surface area (Å²) in [4.78, 5) is 14.9. The molecule has 1 heterocycles. The van der Waals surface area contributed by atoms with Gasteiger partial charge in [-0.15, -0.1) is 0 Å². The molecule has 0 aromatic rings. The summed E-state index contributed by atoms with van der Waals surface area (Å²) in [5, 5.41) is 3.52. The van der Waals surface area contributed by atoms with Gasteiger partial charge >= 0.3 is 0 Å². The van der Waals surface area contributed by atoms with Crippen molar-refractivity contribution in [1.82, 2.24) is 10.2 Å². The van der Waals surface area contributed by atoms with Crippen LogP contribution in [0, 0.1) is 11.8 Å². The van der Waals surface area contributed by atoms with E-state index in [1.165, 1.54) is 32.1 Å².